The van der Waals surface area contributed by atoms with E-state index < -0.39 is 5.60 Å². The van der Waals surface area contributed by atoms with Crippen molar-refractivity contribution in [2.45, 2.75) is 36.7 Å². The van der Waals surface area contributed by atoms with Crippen LogP contribution in [-0.4, -0.2) is 40.4 Å². The van der Waals surface area contributed by atoms with Crippen LogP contribution in [-0.2, 0) is 4.79 Å². The van der Waals surface area contributed by atoms with Crippen molar-refractivity contribution in [1.29, 1.82) is 0 Å². The molecule has 0 aliphatic carbocycles. The monoisotopic (exact) mass is 313 g/mol. The number of rotatable bonds is 6. The van der Waals surface area contributed by atoms with Gasteiger partial charge < -0.3 is 10.0 Å². The second kappa shape index (κ2) is 6.83. The second-order valence-electron chi connectivity index (χ2n) is 5.25. The molecule has 0 saturated carbocycles. The standard InChI is InChI=1S/C15H20ClNO2S/c1-2-8-15(19)10-17(11-15)14(18)7-9-20-13-6-4-3-5-12(13)16/h3-6,19H,2,7-11H2,1H3. The average Bonchev–Trinajstić information content (AvgIpc) is 2.38. The molecule has 0 unspecified atom stereocenters. The number of thioether (sulfide) groups is 1. The molecule has 1 N–H and O–H groups in total. The van der Waals surface area contributed by atoms with Crippen molar-refractivity contribution in [2.24, 2.45) is 0 Å². The molecule has 0 atom stereocenters. The molecule has 2 rings (SSSR count). The molecule has 20 heavy (non-hydrogen) atoms. The lowest BCUT2D eigenvalue weighted by Gasteiger charge is -2.46. The Morgan fingerprint density at radius 3 is 2.80 bits per heavy atom. The van der Waals surface area contributed by atoms with Gasteiger partial charge in [0.25, 0.3) is 0 Å². The minimum absolute atomic E-state index is 0.116. The first-order valence-corrected chi connectivity index (χ1v) is 8.28. The summed E-state index contributed by atoms with van der Waals surface area (Å²) >= 11 is 7.66. The van der Waals surface area contributed by atoms with Crippen molar-refractivity contribution in [3.8, 4) is 0 Å². The highest BCUT2D eigenvalue weighted by Crippen LogP contribution is 2.29. The maximum Gasteiger partial charge on any atom is 0.223 e. The smallest absolute Gasteiger partial charge is 0.223 e. The van der Waals surface area contributed by atoms with Crippen molar-refractivity contribution in [3.63, 3.8) is 0 Å². The summed E-state index contributed by atoms with van der Waals surface area (Å²) in [5.74, 6) is 0.830. The fraction of sp³-hybridized carbons (Fsp3) is 0.533. The van der Waals surface area contributed by atoms with E-state index in [-0.39, 0.29) is 5.91 Å². The van der Waals surface area contributed by atoms with Gasteiger partial charge >= 0.3 is 0 Å². The first-order valence-electron chi connectivity index (χ1n) is 6.91. The highest BCUT2D eigenvalue weighted by molar-refractivity contribution is 7.99. The van der Waals surface area contributed by atoms with E-state index in [2.05, 4.69) is 0 Å². The van der Waals surface area contributed by atoms with E-state index in [9.17, 15) is 9.90 Å². The van der Waals surface area contributed by atoms with Gasteiger partial charge in [0.05, 0.1) is 23.7 Å². The minimum atomic E-state index is -0.639. The van der Waals surface area contributed by atoms with E-state index in [1.807, 2.05) is 31.2 Å². The second-order valence-corrected chi connectivity index (χ2v) is 6.80. The van der Waals surface area contributed by atoms with Gasteiger partial charge in [0.1, 0.15) is 0 Å². The zero-order chi connectivity index (χ0) is 14.6. The highest BCUT2D eigenvalue weighted by Gasteiger charge is 2.42. The molecule has 3 nitrogen and oxygen atoms in total. The first kappa shape index (κ1) is 15.7. The van der Waals surface area contributed by atoms with Gasteiger partial charge in [-0.2, -0.15) is 0 Å². The molecular weight excluding hydrogens is 294 g/mol. The van der Waals surface area contributed by atoms with Crippen LogP contribution in [0, 0.1) is 0 Å². The molecule has 1 saturated heterocycles. The Hall–Kier alpha value is -0.710. The predicted octanol–water partition coefficient (Wildman–Crippen LogP) is 3.20. The molecule has 0 bridgehead atoms. The quantitative estimate of drug-likeness (QED) is 0.820. The summed E-state index contributed by atoms with van der Waals surface area (Å²) in [7, 11) is 0. The fourth-order valence-electron chi connectivity index (χ4n) is 2.43. The van der Waals surface area contributed by atoms with Gasteiger partial charge in [-0.3, -0.25) is 4.79 Å². The summed E-state index contributed by atoms with van der Waals surface area (Å²) in [6.45, 7) is 3.01. The van der Waals surface area contributed by atoms with Gasteiger partial charge in [0.15, 0.2) is 0 Å². The summed E-state index contributed by atoms with van der Waals surface area (Å²) in [5.41, 5.74) is -0.639. The van der Waals surface area contributed by atoms with Crippen LogP contribution in [0.25, 0.3) is 0 Å². The van der Waals surface area contributed by atoms with Crippen molar-refractivity contribution in [3.05, 3.63) is 29.3 Å². The normalized spacial score (nSPS) is 16.9. The van der Waals surface area contributed by atoms with Crippen LogP contribution in [0.5, 0.6) is 0 Å². The SMILES string of the molecule is CCCC1(O)CN(C(=O)CCSc2ccccc2Cl)C1. The van der Waals surface area contributed by atoms with Crippen LogP contribution < -0.4 is 0 Å². The van der Waals surface area contributed by atoms with Gasteiger partial charge in [0, 0.05) is 17.1 Å². The van der Waals surface area contributed by atoms with E-state index in [0.717, 1.165) is 22.8 Å². The summed E-state index contributed by atoms with van der Waals surface area (Å²) in [5, 5.41) is 10.8. The minimum Gasteiger partial charge on any atom is -0.386 e. The van der Waals surface area contributed by atoms with Crippen molar-refractivity contribution >= 4 is 29.3 Å². The van der Waals surface area contributed by atoms with E-state index in [1.165, 1.54) is 0 Å². The van der Waals surface area contributed by atoms with Gasteiger partial charge in [-0.15, -0.1) is 11.8 Å². The lowest BCUT2D eigenvalue weighted by Crippen LogP contribution is -2.63. The van der Waals surface area contributed by atoms with Crippen LogP contribution >= 0.6 is 23.4 Å². The van der Waals surface area contributed by atoms with Crippen LogP contribution in [0.2, 0.25) is 5.02 Å². The van der Waals surface area contributed by atoms with Gasteiger partial charge in [-0.05, 0) is 18.6 Å². The third-order valence-electron chi connectivity index (χ3n) is 3.45. The molecule has 0 aromatic heterocycles. The topological polar surface area (TPSA) is 40.5 Å². The zero-order valence-electron chi connectivity index (χ0n) is 11.6. The largest absolute Gasteiger partial charge is 0.386 e. The Morgan fingerprint density at radius 2 is 2.15 bits per heavy atom. The molecule has 0 radical (unpaired) electrons. The van der Waals surface area contributed by atoms with E-state index in [1.54, 1.807) is 16.7 Å². The molecule has 110 valence electrons. The maximum absolute atomic E-state index is 12.0. The fourth-order valence-corrected chi connectivity index (χ4v) is 3.61. The van der Waals surface area contributed by atoms with Gasteiger partial charge in [0.2, 0.25) is 5.91 Å². The number of likely N-dealkylation sites (tertiary alicyclic amines) is 1. The predicted molar refractivity (Wildman–Crippen MR) is 83.2 cm³/mol. The van der Waals surface area contributed by atoms with Crippen molar-refractivity contribution < 1.29 is 9.90 Å². The summed E-state index contributed by atoms with van der Waals surface area (Å²) < 4.78 is 0. The zero-order valence-corrected chi connectivity index (χ0v) is 13.2. The number of β-amino-alcohol motifs (C(OH)–C–C–N with tert-alkyl or cyclic N) is 1. The van der Waals surface area contributed by atoms with Crippen LogP contribution in [0.1, 0.15) is 26.2 Å². The number of nitrogens with zero attached hydrogens (tertiary/aromatic N) is 1. The molecule has 1 aliphatic heterocycles. The van der Waals surface area contributed by atoms with Crippen molar-refractivity contribution in [1.82, 2.24) is 4.90 Å². The lowest BCUT2D eigenvalue weighted by atomic mass is 9.89. The molecule has 5 heteroatoms. The Kier molecular flexibility index (Phi) is 5.35. The van der Waals surface area contributed by atoms with Crippen molar-refractivity contribution in [2.75, 3.05) is 18.8 Å². The summed E-state index contributed by atoms with van der Waals surface area (Å²) in [6, 6.07) is 7.65. The lowest BCUT2D eigenvalue weighted by molar-refractivity contribution is -0.156. The Balaban J connectivity index is 1.71. The number of halogens is 1. The molecule has 1 aliphatic rings. The van der Waals surface area contributed by atoms with Crippen LogP contribution in [0.15, 0.2) is 29.2 Å². The summed E-state index contributed by atoms with van der Waals surface area (Å²) in [4.78, 5) is 14.7. The van der Waals surface area contributed by atoms with Gasteiger partial charge in [-0.1, -0.05) is 37.1 Å². The third-order valence-corrected chi connectivity index (χ3v) is 4.97. The molecule has 1 amide bonds. The van der Waals surface area contributed by atoms with Crippen LogP contribution in [0.3, 0.4) is 0 Å². The Morgan fingerprint density at radius 1 is 1.45 bits per heavy atom. The third kappa shape index (κ3) is 3.90. The molecule has 0 spiro atoms. The number of hydrogen-bond donors (Lipinski definition) is 1. The highest BCUT2D eigenvalue weighted by atomic mass is 35.5. The molecular formula is C15H20ClNO2S. The number of hydrogen-bond acceptors (Lipinski definition) is 3. The van der Waals surface area contributed by atoms with E-state index >= 15 is 0 Å². The first-order chi connectivity index (χ1) is 9.54. The van der Waals surface area contributed by atoms with Crippen LogP contribution in [0.4, 0.5) is 0 Å². The molecule has 1 fully saturated rings. The number of carbonyl (C=O) groups is 1. The number of aliphatic hydroxyl groups is 1. The molecule has 1 aromatic rings. The van der Waals surface area contributed by atoms with Gasteiger partial charge in [-0.25, -0.2) is 0 Å². The Labute approximate surface area is 129 Å². The number of benzene rings is 1. The molecule has 1 aromatic carbocycles. The average molecular weight is 314 g/mol. The van der Waals surface area contributed by atoms with E-state index in [4.69, 9.17) is 11.6 Å². The maximum atomic E-state index is 12.0. The molecule has 1 heterocycles. The van der Waals surface area contributed by atoms with E-state index in [0.29, 0.717) is 25.3 Å². The number of amides is 1. The Bertz CT molecular complexity index is 475. The number of carbonyl (C=O) groups excluding carboxylic acids is 1. The summed E-state index contributed by atoms with van der Waals surface area (Å²) in [6.07, 6.45) is 2.20.